The highest BCUT2D eigenvalue weighted by Crippen LogP contribution is 2.30. The van der Waals surface area contributed by atoms with Gasteiger partial charge in [0, 0.05) is 37.8 Å². The molecule has 0 bridgehead atoms. The summed E-state index contributed by atoms with van der Waals surface area (Å²) in [6.07, 6.45) is 7.37. The van der Waals surface area contributed by atoms with E-state index in [-0.39, 0.29) is 35.4 Å². The van der Waals surface area contributed by atoms with Crippen molar-refractivity contribution in [1.29, 1.82) is 0 Å². The molecule has 0 heterocycles. The Hall–Kier alpha value is -2.56. The zero-order valence-corrected chi connectivity index (χ0v) is 62.7. The van der Waals surface area contributed by atoms with Gasteiger partial charge in [-0.2, -0.15) is 0 Å². The highest BCUT2D eigenvalue weighted by Gasteiger charge is 2.28. The van der Waals surface area contributed by atoms with E-state index in [1.165, 1.54) is 0 Å². The molecule has 0 aromatic rings. The van der Waals surface area contributed by atoms with Gasteiger partial charge in [-0.15, -0.1) is 0 Å². The summed E-state index contributed by atoms with van der Waals surface area (Å²) in [6, 6.07) is -0.116. The number of ketones is 3. The third-order valence-corrected chi connectivity index (χ3v) is 15.0. The van der Waals surface area contributed by atoms with Crippen LogP contribution in [0.5, 0.6) is 0 Å². The number of hydrogen-bond donors (Lipinski definition) is 2. The molecule has 1 aliphatic rings. The largest absolute Gasteiger partial charge is 0.379 e. The molecule has 604 valence electrons. The van der Waals surface area contributed by atoms with Gasteiger partial charge in [0.2, 0.25) is 5.91 Å². The van der Waals surface area contributed by atoms with Crippen LogP contribution < -0.4 is 10.6 Å². The molecule has 0 spiro atoms. The standard InChI is InChI=1S/C71H136N2O29/c1-65(74)67-9-11-68(12-10-67)70(76)8-6-15-78-17-19-80-21-23-82-25-27-84-29-31-86-33-35-88-37-39-90-41-43-92-45-47-94-49-51-96-53-55-98-57-59-100-61-63-102-64-62-101-60-58-99-56-54-97-52-50-95-48-46-93-44-42-91-40-38-89-36-34-87-32-30-85-28-26-83-24-22-81-20-18-79-16-13-71(77)73-14-5-4-7-69(72-3)66(2)75/h67-69,72H,4-64H2,1-3H3,(H,73,77). The SMILES string of the molecule is CNC(CCCCNC(=O)CCOCCOCCOCCOCCOCCOCCOCCOCCOCCOCCOCCOCCOCCOCCOCCOCCOCCOCCOCCOCCOCCOCCOCCOCCOCCCC(=O)C1CCC(C(C)=O)CC1)C(C)=O. The van der Waals surface area contributed by atoms with Gasteiger partial charge in [0.1, 0.15) is 17.3 Å². The minimum Gasteiger partial charge on any atom is -0.379 e. The van der Waals surface area contributed by atoms with Crippen LogP contribution in [0.1, 0.15) is 78.1 Å². The number of unbranched alkanes of at least 4 members (excludes halogenated alkanes) is 1. The number of nitrogens with one attached hydrogen (secondary N) is 2. The quantitative estimate of drug-likeness (QED) is 0.0827. The molecule has 31 nitrogen and oxygen atoms in total. The molecule has 1 saturated carbocycles. The maximum Gasteiger partial charge on any atom is 0.222 e. The number of likely N-dealkylation sites (N-methyl/N-ethyl adjacent to an activating group) is 1. The number of Topliss-reactive ketones (excluding diaryl/α,β-unsaturated/α-hetero) is 3. The second-order valence-corrected chi connectivity index (χ2v) is 23.1. The Morgan fingerprint density at radius 1 is 0.265 bits per heavy atom. The molecule has 31 heteroatoms. The fraction of sp³-hybridized carbons (Fsp3) is 0.944. The van der Waals surface area contributed by atoms with Gasteiger partial charge in [0.05, 0.1) is 330 Å². The van der Waals surface area contributed by atoms with E-state index in [4.69, 9.17) is 118 Å². The zero-order valence-electron chi connectivity index (χ0n) is 62.7. The van der Waals surface area contributed by atoms with E-state index in [1.54, 1.807) is 20.9 Å². The molecule has 1 atom stereocenters. The molecule has 1 amide bonds. The van der Waals surface area contributed by atoms with Crippen LogP contribution in [0.2, 0.25) is 0 Å². The van der Waals surface area contributed by atoms with Gasteiger partial charge < -0.3 is 129 Å². The summed E-state index contributed by atoms with van der Waals surface area (Å²) in [7, 11) is 1.78. The van der Waals surface area contributed by atoms with Crippen molar-refractivity contribution in [3.8, 4) is 0 Å². The normalized spacial score (nSPS) is 14.3. The molecule has 0 aromatic carbocycles. The van der Waals surface area contributed by atoms with Gasteiger partial charge >= 0.3 is 0 Å². The molecule has 0 aliphatic heterocycles. The lowest BCUT2D eigenvalue weighted by atomic mass is 9.78. The minimum absolute atomic E-state index is 0.0459. The van der Waals surface area contributed by atoms with Crippen molar-refractivity contribution in [3.63, 3.8) is 0 Å². The molecule has 102 heavy (non-hydrogen) atoms. The van der Waals surface area contributed by atoms with E-state index in [9.17, 15) is 19.2 Å². The van der Waals surface area contributed by atoms with Gasteiger partial charge in [0.25, 0.3) is 0 Å². The number of amides is 1. The summed E-state index contributed by atoms with van der Waals surface area (Å²) in [5.74, 6) is 0.893. The van der Waals surface area contributed by atoms with Gasteiger partial charge in [-0.3, -0.25) is 19.2 Å². The van der Waals surface area contributed by atoms with Gasteiger partial charge in [-0.05, 0) is 72.3 Å². The molecule has 0 saturated heterocycles. The predicted molar refractivity (Wildman–Crippen MR) is 376 cm³/mol. The lowest BCUT2D eigenvalue weighted by Crippen LogP contribution is -2.32. The van der Waals surface area contributed by atoms with Gasteiger partial charge in [-0.1, -0.05) is 0 Å². The highest BCUT2D eigenvalue weighted by atomic mass is 16.6. The second kappa shape index (κ2) is 82.5. The fourth-order valence-electron chi connectivity index (χ4n) is 9.26. The van der Waals surface area contributed by atoms with Gasteiger partial charge in [0.15, 0.2) is 0 Å². The van der Waals surface area contributed by atoms with Crippen molar-refractivity contribution < 1.29 is 138 Å². The Morgan fingerprint density at radius 3 is 0.676 bits per heavy atom. The van der Waals surface area contributed by atoms with Crippen LogP contribution in [0.3, 0.4) is 0 Å². The van der Waals surface area contributed by atoms with Crippen LogP contribution in [0.4, 0.5) is 0 Å². The summed E-state index contributed by atoms with van der Waals surface area (Å²) >= 11 is 0. The molecule has 1 aliphatic carbocycles. The van der Waals surface area contributed by atoms with Crippen LogP contribution in [0.25, 0.3) is 0 Å². The molecule has 2 N–H and O–H groups in total. The molecule has 0 aromatic heterocycles. The first kappa shape index (κ1) is 97.5. The highest BCUT2D eigenvalue weighted by molar-refractivity contribution is 5.82. The summed E-state index contributed by atoms with van der Waals surface area (Å²) in [5.41, 5.74) is 0. The Bertz CT molecular complexity index is 1750. The van der Waals surface area contributed by atoms with E-state index >= 15 is 0 Å². The molecular formula is C71H136N2O29. The van der Waals surface area contributed by atoms with Crippen molar-refractivity contribution in [2.75, 3.05) is 344 Å². The van der Waals surface area contributed by atoms with E-state index in [0.717, 1.165) is 44.9 Å². The molecule has 1 unspecified atom stereocenters. The predicted octanol–water partition coefficient (Wildman–Crippen LogP) is 3.00. The fourth-order valence-corrected chi connectivity index (χ4v) is 9.26. The van der Waals surface area contributed by atoms with Crippen molar-refractivity contribution in [1.82, 2.24) is 10.6 Å². The number of ether oxygens (including phenoxy) is 25. The van der Waals surface area contributed by atoms with E-state index in [1.807, 2.05) is 0 Å². The smallest absolute Gasteiger partial charge is 0.222 e. The third kappa shape index (κ3) is 74.3. The van der Waals surface area contributed by atoms with Crippen molar-refractivity contribution >= 4 is 23.3 Å². The number of rotatable bonds is 88. The lowest BCUT2D eigenvalue weighted by molar-refractivity contribution is -0.127. The summed E-state index contributed by atoms with van der Waals surface area (Å²) in [4.78, 5) is 47.3. The topological polar surface area (TPSA) is 323 Å². The van der Waals surface area contributed by atoms with Crippen LogP contribution in [0.15, 0.2) is 0 Å². The maximum atomic E-state index is 12.4. The molecular weight excluding hydrogens is 1340 g/mol. The van der Waals surface area contributed by atoms with Gasteiger partial charge in [-0.25, -0.2) is 0 Å². The third-order valence-electron chi connectivity index (χ3n) is 15.0. The maximum absolute atomic E-state index is 12.4. The molecule has 1 rings (SSSR count). The number of hydrogen-bond acceptors (Lipinski definition) is 30. The monoisotopic (exact) mass is 1480 g/mol. The Kier molecular flexibility index (Phi) is 78.8. The first-order valence-corrected chi connectivity index (χ1v) is 37.3. The molecule has 0 radical (unpaired) electrons. The number of carbonyl (C=O) groups is 4. The summed E-state index contributed by atoms with van der Waals surface area (Å²) < 4.78 is 138. The first-order valence-electron chi connectivity index (χ1n) is 37.3. The van der Waals surface area contributed by atoms with Crippen molar-refractivity contribution in [3.05, 3.63) is 0 Å². The Balaban J connectivity index is 1.60. The lowest BCUT2D eigenvalue weighted by Gasteiger charge is -2.25. The summed E-state index contributed by atoms with van der Waals surface area (Å²) in [6.45, 7) is 27.4. The van der Waals surface area contributed by atoms with Crippen molar-refractivity contribution in [2.45, 2.75) is 84.1 Å². The van der Waals surface area contributed by atoms with Crippen LogP contribution in [-0.2, 0) is 138 Å². The average molecular weight is 1480 g/mol. The average Bonchev–Trinajstić information content (AvgIpc) is 0.885. The summed E-state index contributed by atoms with van der Waals surface area (Å²) in [5, 5.41) is 5.88. The number of carbonyl (C=O) groups excluding carboxylic acids is 4. The van der Waals surface area contributed by atoms with Crippen LogP contribution >= 0.6 is 0 Å². The van der Waals surface area contributed by atoms with Crippen molar-refractivity contribution in [2.24, 2.45) is 11.8 Å². The van der Waals surface area contributed by atoms with E-state index in [2.05, 4.69) is 10.6 Å². The van der Waals surface area contributed by atoms with E-state index < -0.39 is 0 Å². The molecule has 1 fully saturated rings. The van der Waals surface area contributed by atoms with E-state index in [0.29, 0.717) is 362 Å². The first-order chi connectivity index (χ1) is 50.3. The minimum atomic E-state index is -0.116. The zero-order chi connectivity index (χ0) is 73.3. The second-order valence-electron chi connectivity index (χ2n) is 23.1. The Labute approximate surface area is 609 Å². The Morgan fingerprint density at radius 2 is 0.471 bits per heavy atom. The van der Waals surface area contributed by atoms with Crippen LogP contribution in [0, 0.1) is 11.8 Å². The van der Waals surface area contributed by atoms with Crippen LogP contribution in [-0.4, -0.2) is 373 Å².